The molecule has 0 saturated heterocycles. The number of rotatable bonds is 1. The lowest BCUT2D eigenvalue weighted by Gasteiger charge is -2.06. The van der Waals surface area contributed by atoms with E-state index in [1.165, 1.54) is 16.2 Å². The van der Waals surface area contributed by atoms with Crippen molar-refractivity contribution >= 4 is 21.5 Å². The minimum Gasteiger partial charge on any atom is -0.256 e. The molecule has 3 aromatic carbocycles. The van der Waals surface area contributed by atoms with Crippen molar-refractivity contribution in [2.75, 3.05) is 0 Å². The van der Waals surface area contributed by atoms with Crippen LogP contribution in [0, 0.1) is 6.07 Å². The molecule has 20 heavy (non-hydrogen) atoms. The Hall–Kier alpha value is -2.67. The molecule has 0 atom stereocenters. The van der Waals surface area contributed by atoms with E-state index < -0.39 is 0 Å². The molecule has 0 bridgehead atoms. The van der Waals surface area contributed by atoms with Crippen molar-refractivity contribution in [2.24, 2.45) is 0 Å². The Morgan fingerprint density at radius 1 is 0.700 bits per heavy atom. The van der Waals surface area contributed by atoms with E-state index in [-0.39, 0.29) is 0 Å². The number of hydrogen-bond acceptors (Lipinski definition) is 1. The minimum atomic E-state index is 0.961. The van der Waals surface area contributed by atoms with Crippen molar-refractivity contribution in [1.29, 1.82) is 0 Å². The van der Waals surface area contributed by atoms with Gasteiger partial charge in [-0.2, -0.15) is 0 Å². The molecule has 4 aromatic rings. The van der Waals surface area contributed by atoms with E-state index in [0.29, 0.717) is 0 Å². The zero-order valence-corrected chi connectivity index (χ0v) is 10.9. The third-order valence-electron chi connectivity index (χ3n) is 3.60. The summed E-state index contributed by atoms with van der Waals surface area (Å²) in [5.74, 6) is 0. The van der Waals surface area contributed by atoms with Crippen LogP contribution in [-0.2, 0) is 0 Å². The van der Waals surface area contributed by atoms with Gasteiger partial charge in [-0.25, -0.2) is 0 Å². The van der Waals surface area contributed by atoms with Crippen molar-refractivity contribution in [3.8, 4) is 11.3 Å². The van der Waals surface area contributed by atoms with Crippen molar-refractivity contribution in [3.05, 3.63) is 79.0 Å². The summed E-state index contributed by atoms with van der Waals surface area (Å²) in [6.07, 6.45) is 1.81. The van der Waals surface area contributed by atoms with E-state index in [9.17, 15) is 0 Å². The smallest absolute Gasteiger partial charge is 0.0708 e. The van der Waals surface area contributed by atoms with Gasteiger partial charge in [0.25, 0.3) is 0 Å². The zero-order chi connectivity index (χ0) is 13.4. The molecule has 0 saturated carbocycles. The highest BCUT2D eigenvalue weighted by molar-refractivity contribution is 6.08. The van der Waals surface area contributed by atoms with Gasteiger partial charge < -0.3 is 0 Å². The summed E-state index contributed by atoms with van der Waals surface area (Å²) in [5.41, 5.74) is 2.00. The van der Waals surface area contributed by atoms with Crippen LogP contribution in [0.15, 0.2) is 72.9 Å². The first-order valence-electron chi connectivity index (χ1n) is 6.67. The average Bonchev–Trinajstić information content (AvgIpc) is 2.55. The van der Waals surface area contributed by atoms with Gasteiger partial charge in [0.2, 0.25) is 0 Å². The fourth-order valence-corrected chi connectivity index (χ4v) is 2.61. The van der Waals surface area contributed by atoms with Gasteiger partial charge in [0.15, 0.2) is 0 Å². The SMILES string of the molecule is [c]1c(-c2ccccn2)ccc2c1ccc1ccccc12. The van der Waals surface area contributed by atoms with Crippen LogP contribution in [0.5, 0.6) is 0 Å². The summed E-state index contributed by atoms with van der Waals surface area (Å²) in [6, 6.07) is 26.4. The van der Waals surface area contributed by atoms with Crippen molar-refractivity contribution in [2.45, 2.75) is 0 Å². The number of fused-ring (bicyclic) bond motifs is 3. The van der Waals surface area contributed by atoms with Crippen LogP contribution in [-0.4, -0.2) is 4.98 Å². The second-order valence-electron chi connectivity index (χ2n) is 4.83. The molecule has 0 fully saturated rings. The van der Waals surface area contributed by atoms with Gasteiger partial charge in [0, 0.05) is 17.8 Å². The first kappa shape index (κ1) is 11.2. The maximum Gasteiger partial charge on any atom is 0.0708 e. The Labute approximate surface area is 117 Å². The Bertz CT molecular complexity index is 895. The molecule has 1 nitrogen and oxygen atoms in total. The third kappa shape index (κ3) is 1.76. The summed E-state index contributed by atoms with van der Waals surface area (Å²) < 4.78 is 0. The zero-order valence-electron chi connectivity index (χ0n) is 10.9. The van der Waals surface area contributed by atoms with Gasteiger partial charge >= 0.3 is 0 Å². The van der Waals surface area contributed by atoms with E-state index in [0.717, 1.165) is 16.6 Å². The molecule has 0 aliphatic rings. The Morgan fingerprint density at radius 3 is 2.50 bits per heavy atom. The Morgan fingerprint density at radius 2 is 1.60 bits per heavy atom. The molecule has 0 amide bonds. The van der Waals surface area contributed by atoms with Gasteiger partial charge in [-0.3, -0.25) is 4.98 Å². The first-order valence-corrected chi connectivity index (χ1v) is 6.67. The molecule has 0 aliphatic heterocycles. The van der Waals surface area contributed by atoms with E-state index in [2.05, 4.69) is 59.6 Å². The van der Waals surface area contributed by atoms with Crippen LogP contribution in [0.3, 0.4) is 0 Å². The number of benzene rings is 3. The molecular weight excluding hydrogens is 242 g/mol. The molecule has 1 heteroatoms. The van der Waals surface area contributed by atoms with Crippen molar-refractivity contribution < 1.29 is 0 Å². The maximum absolute atomic E-state index is 4.39. The maximum atomic E-state index is 4.39. The monoisotopic (exact) mass is 254 g/mol. The average molecular weight is 254 g/mol. The standard InChI is InChI=1S/C19H12N/c1-2-6-17-14(5-1)8-9-15-13-16(10-11-18(15)17)19-7-3-4-12-20-19/h1-12H. The van der Waals surface area contributed by atoms with Crippen LogP contribution in [0.1, 0.15) is 0 Å². The predicted octanol–water partition coefficient (Wildman–Crippen LogP) is 4.86. The fraction of sp³-hybridized carbons (Fsp3) is 0. The molecule has 93 valence electrons. The van der Waals surface area contributed by atoms with Gasteiger partial charge in [0.05, 0.1) is 5.69 Å². The minimum absolute atomic E-state index is 0.961. The lowest BCUT2D eigenvalue weighted by Crippen LogP contribution is -1.84. The predicted molar refractivity (Wildman–Crippen MR) is 83.5 cm³/mol. The summed E-state index contributed by atoms with van der Waals surface area (Å²) in [7, 11) is 0. The molecule has 4 rings (SSSR count). The number of pyridine rings is 1. The van der Waals surface area contributed by atoms with E-state index in [1.54, 1.807) is 0 Å². The van der Waals surface area contributed by atoms with Crippen LogP contribution in [0.2, 0.25) is 0 Å². The van der Waals surface area contributed by atoms with Crippen LogP contribution >= 0.6 is 0 Å². The largest absolute Gasteiger partial charge is 0.256 e. The molecule has 0 spiro atoms. The highest BCUT2D eigenvalue weighted by Gasteiger charge is 2.03. The topological polar surface area (TPSA) is 12.9 Å². The summed E-state index contributed by atoms with van der Waals surface area (Å²) in [4.78, 5) is 4.39. The van der Waals surface area contributed by atoms with Crippen LogP contribution in [0.25, 0.3) is 32.8 Å². The van der Waals surface area contributed by atoms with Crippen molar-refractivity contribution in [3.63, 3.8) is 0 Å². The van der Waals surface area contributed by atoms with Gasteiger partial charge in [-0.15, -0.1) is 0 Å². The summed E-state index contributed by atoms with van der Waals surface area (Å²) >= 11 is 0. The van der Waals surface area contributed by atoms with Gasteiger partial charge in [-0.1, -0.05) is 54.6 Å². The second kappa shape index (κ2) is 4.46. The third-order valence-corrected chi connectivity index (χ3v) is 3.60. The Kier molecular flexibility index (Phi) is 2.49. The fourth-order valence-electron chi connectivity index (χ4n) is 2.61. The molecule has 1 aromatic heterocycles. The quantitative estimate of drug-likeness (QED) is 0.442. The van der Waals surface area contributed by atoms with Crippen LogP contribution in [0.4, 0.5) is 0 Å². The Balaban J connectivity index is 1.99. The molecule has 0 aliphatic carbocycles. The van der Waals surface area contributed by atoms with E-state index in [4.69, 9.17) is 0 Å². The first-order chi connectivity index (χ1) is 9.92. The van der Waals surface area contributed by atoms with Crippen molar-refractivity contribution in [1.82, 2.24) is 4.98 Å². The molecule has 0 unspecified atom stereocenters. The summed E-state index contributed by atoms with van der Waals surface area (Å²) in [5, 5.41) is 4.91. The van der Waals surface area contributed by atoms with Gasteiger partial charge in [0.1, 0.15) is 0 Å². The van der Waals surface area contributed by atoms with E-state index >= 15 is 0 Å². The number of aromatic nitrogens is 1. The number of nitrogens with zero attached hydrogens (tertiary/aromatic N) is 1. The van der Waals surface area contributed by atoms with Gasteiger partial charge in [-0.05, 0) is 33.7 Å². The highest BCUT2D eigenvalue weighted by atomic mass is 14.7. The van der Waals surface area contributed by atoms with Crippen LogP contribution < -0.4 is 0 Å². The highest BCUT2D eigenvalue weighted by Crippen LogP contribution is 2.28. The lowest BCUT2D eigenvalue weighted by molar-refractivity contribution is 1.33. The summed E-state index contributed by atoms with van der Waals surface area (Å²) in [6.45, 7) is 0. The molecule has 0 N–H and O–H groups in total. The lowest BCUT2D eigenvalue weighted by atomic mass is 9.99. The second-order valence-corrected chi connectivity index (χ2v) is 4.83. The molecule has 1 heterocycles. The van der Waals surface area contributed by atoms with E-state index in [1.807, 2.05) is 24.4 Å². The number of hydrogen-bond donors (Lipinski definition) is 0. The normalized spacial score (nSPS) is 11.0. The molecule has 1 radical (unpaired) electrons. The molecular formula is C19H12N.